The molecule has 2 heteroatoms. The van der Waals surface area contributed by atoms with Gasteiger partial charge in [-0.2, -0.15) is 0 Å². The molecule has 3 aliphatic rings. The van der Waals surface area contributed by atoms with Crippen LogP contribution < -0.4 is 5.32 Å². The Labute approximate surface area is 105 Å². The lowest BCUT2D eigenvalue weighted by Gasteiger charge is -2.61. The van der Waals surface area contributed by atoms with E-state index in [0.29, 0.717) is 11.5 Å². The number of ether oxygens (including phenoxy) is 1. The summed E-state index contributed by atoms with van der Waals surface area (Å²) in [7, 11) is 0. The highest BCUT2D eigenvalue weighted by molar-refractivity contribution is 5.12. The van der Waals surface area contributed by atoms with E-state index in [2.05, 4.69) is 12.2 Å². The lowest BCUT2D eigenvalue weighted by molar-refractivity contribution is -0.172. The molecule has 0 radical (unpaired) electrons. The van der Waals surface area contributed by atoms with E-state index in [-0.39, 0.29) is 0 Å². The van der Waals surface area contributed by atoms with Crippen molar-refractivity contribution in [1.29, 1.82) is 0 Å². The summed E-state index contributed by atoms with van der Waals surface area (Å²) in [6.07, 6.45) is 11.9. The third-order valence-electron chi connectivity index (χ3n) is 5.31. The van der Waals surface area contributed by atoms with Gasteiger partial charge in [-0.1, -0.05) is 19.3 Å². The van der Waals surface area contributed by atoms with Gasteiger partial charge >= 0.3 is 0 Å². The van der Waals surface area contributed by atoms with Crippen LogP contribution in [0.5, 0.6) is 0 Å². The van der Waals surface area contributed by atoms with E-state index in [1.54, 1.807) is 0 Å². The first-order chi connectivity index (χ1) is 8.35. The van der Waals surface area contributed by atoms with Crippen LogP contribution in [0, 0.1) is 11.3 Å². The molecule has 0 aliphatic heterocycles. The van der Waals surface area contributed by atoms with Gasteiger partial charge in [0.25, 0.3) is 0 Å². The molecule has 0 saturated heterocycles. The van der Waals surface area contributed by atoms with Crippen LogP contribution >= 0.6 is 0 Å². The molecule has 17 heavy (non-hydrogen) atoms. The highest BCUT2D eigenvalue weighted by Gasteiger charge is 2.58. The fourth-order valence-corrected chi connectivity index (χ4v) is 3.80. The molecule has 3 rings (SSSR count). The largest absolute Gasteiger partial charge is 0.378 e. The first-order valence-electron chi connectivity index (χ1n) is 7.70. The van der Waals surface area contributed by atoms with Crippen molar-refractivity contribution in [1.82, 2.24) is 5.32 Å². The minimum atomic E-state index is 0.551. The van der Waals surface area contributed by atoms with Gasteiger partial charge in [0.2, 0.25) is 0 Å². The van der Waals surface area contributed by atoms with Gasteiger partial charge in [-0.15, -0.1) is 0 Å². The Morgan fingerprint density at radius 3 is 2.71 bits per heavy atom. The van der Waals surface area contributed by atoms with Gasteiger partial charge in [0, 0.05) is 18.1 Å². The van der Waals surface area contributed by atoms with E-state index in [4.69, 9.17) is 4.74 Å². The Balaban J connectivity index is 1.38. The Kier molecular flexibility index (Phi) is 3.45. The summed E-state index contributed by atoms with van der Waals surface area (Å²) < 4.78 is 5.88. The average Bonchev–Trinajstić information content (AvgIpc) is 3.02. The van der Waals surface area contributed by atoms with Crippen LogP contribution in [0.3, 0.4) is 0 Å². The topological polar surface area (TPSA) is 21.3 Å². The van der Waals surface area contributed by atoms with E-state index >= 15 is 0 Å². The molecule has 0 aromatic heterocycles. The zero-order valence-electron chi connectivity index (χ0n) is 11.2. The van der Waals surface area contributed by atoms with Crippen molar-refractivity contribution in [3.63, 3.8) is 0 Å². The van der Waals surface area contributed by atoms with Gasteiger partial charge in [-0.3, -0.25) is 0 Å². The monoisotopic (exact) mass is 237 g/mol. The molecule has 3 fully saturated rings. The second-order valence-corrected chi connectivity index (χ2v) is 6.36. The zero-order valence-corrected chi connectivity index (χ0v) is 11.2. The standard InChI is InChI=1S/C15H27NO/c1-2-17-14-11-13(15(14)8-4-9-15)16-10-3-5-12-6-7-12/h12-14,16H,2-11H2,1H3. The molecule has 1 N–H and O–H groups in total. The van der Waals surface area contributed by atoms with Crippen molar-refractivity contribution < 1.29 is 4.74 Å². The summed E-state index contributed by atoms with van der Waals surface area (Å²) in [4.78, 5) is 0. The quantitative estimate of drug-likeness (QED) is 0.687. The van der Waals surface area contributed by atoms with Crippen molar-refractivity contribution in [2.75, 3.05) is 13.2 Å². The third-order valence-corrected chi connectivity index (χ3v) is 5.31. The van der Waals surface area contributed by atoms with E-state index in [9.17, 15) is 0 Å². The maximum absolute atomic E-state index is 5.88. The van der Waals surface area contributed by atoms with Crippen LogP contribution in [0.1, 0.15) is 58.3 Å². The predicted molar refractivity (Wildman–Crippen MR) is 70.1 cm³/mol. The molecule has 0 aromatic rings. The van der Waals surface area contributed by atoms with Crippen LogP contribution in [0.15, 0.2) is 0 Å². The number of hydrogen-bond acceptors (Lipinski definition) is 2. The van der Waals surface area contributed by atoms with E-state index in [1.165, 1.54) is 57.9 Å². The van der Waals surface area contributed by atoms with E-state index < -0.39 is 0 Å². The first kappa shape index (κ1) is 12.0. The van der Waals surface area contributed by atoms with Crippen LogP contribution in [-0.4, -0.2) is 25.3 Å². The van der Waals surface area contributed by atoms with Gasteiger partial charge in [-0.05, 0) is 51.5 Å². The Bertz CT molecular complexity index is 258. The van der Waals surface area contributed by atoms with Crippen molar-refractivity contribution in [3.05, 3.63) is 0 Å². The summed E-state index contributed by atoms with van der Waals surface area (Å²) >= 11 is 0. The van der Waals surface area contributed by atoms with Crippen LogP contribution in [-0.2, 0) is 4.74 Å². The molecule has 3 aliphatic carbocycles. The van der Waals surface area contributed by atoms with Gasteiger partial charge in [0.1, 0.15) is 0 Å². The van der Waals surface area contributed by atoms with Gasteiger partial charge in [-0.25, -0.2) is 0 Å². The molecular formula is C15H27NO. The van der Waals surface area contributed by atoms with E-state index in [0.717, 1.165) is 18.6 Å². The summed E-state index contributed by atoms with van der Waals surface area (Å²) in [6, 6.07) is 0.770. The molecule has 0 heterocycles. The predicted octanol–water partition coefficient (Wildman–Crippen LogP) is 3.11. The second-order valence-electron chi connectivity index (χ2n) is 6.36. The lowest BCUT2D eigenvalue weighted by atomic mass is 9.51. The van der Waals surface area contributed by atoms with Crippen molar-refractivity contribution in [2.24, 2.45) is 11.3 Å². The summed E-state index contributed by atoms with van der Waals surface area (Å²) in [6.45, 7) is 4.26. The van der Waals surface area contributed by atoms with Crippen molar-refractivity contribution in [3.8, 4) is 0 Å². The Hall–Kier alpha value is -0.0800. The van der Waals surface area contributed by atoms with Crippen molar-refractivity contribution >= 4 is 0 Å². The molecule has 0 aromatic carbocycles. The normalized spacial score (nSPS) is 34.4. The summed E-state index contributed by atoms with van der Waals surface area (Å²) in [5.41, 5.74) is 0.551. The third kappa shape index (κ3) is 2.26. The minimum Gasteiger partial charge on any atom is -0.378 e. The molecule has 1 spiro atoms. The molecule has 0 bridgehead atoms. The minimum absolute atomic E-state index is 0.551. The highest BCUT2D eigenvalue weighted by Crippen LogP contribution is 2.57. The maximum Gasteiger partial charge on any atom is 0.0661 e. The maximum atomic E-state index is 5.88. The second kappa shape index (κ2) is 4.89. The molecule has 98 valence electrons. The number of hydrogen-bond donors (Lipinski definition) is 1. The molecule has 0 amide bonds. The Morgan fingerprint density at radius 1 is 1.29 bits per heavy atom. The SMILES string of the molecule is CCOC1CC(NCCCC2CC2)C12CCC2. The molecule has 2 atom stereocenters. The molecule has 2 unspecified atom stereocenters. The van der Waals surface area contributed by atoms with Crippen molar-refractivity contribution in [2.45, 2.75) is 70.4 Å². The smallest absolute Gasteiger partial charge is 0.0661 e. The zero-order chi connectivity index (χ0) is 11.7. The average molecular weight is 237 g/mol. The van der Waals surface area contributed by atoms with Gasteiger partial charge in [0.05, 0.1) is 6.10 Å². The van der Waals surface area contributed by atoms with Crippen LogP contribution in [0.25, 0.3) is 0 Å². The summed E-state index contributed by atoms with van der Waals surface area (Å²) in [5.74, 6) is 1.09. The van der Waals surface area contributed by atoms with Gasteiger partial charge in [0.15, 0.2) is 0 Å². The molecule has 2 nitrogen and oxygen atoms in total. The fraction of sp³-hybridized carbons (Fsp3) is 1.00. The first-order valence-corrected chi connectivity index (χ1v) is 7.70. The highest BCUT2D eigenvalue weighted by atomic mass is 16.5. The molecule has 3 saturated carbocycles. The number of nitrogens with one attached hydrogen (secondary N) is 1. The van der Waals surface area contributed by atoms with Crippen LogP contribution in [0.4, 0.5) is 0 Å². The fourth-order valence-electron chi connectivity index (χ4n) is 3.80. The summed E-state index contributed by atoms with van der Waals surface area (Å²) in [5, 5.41) is 3.80. The Morgan fingerprint density at radius 2 is 2.12 bits per heavy atom. The lowest BCUT2D eigenvalue weighted by Crippen LogP contribution is -2.66. The van der Waals surface area contributed by atoms with E-state index in [1.807, 2.05) is 0 Å². The molecular weight excluding hydrogens is 210 g/mol. The number of rotatable bonds is 7. The van der Waals surface area contributed by atoms with Crippen LogP contribution in [0.2, 0.25) is 0 Å². The van der Waals surface area contributed by atoms with Gasteiger partial charge < -0.3 is 10.1 Å².